The first kappa shape index (κ1) is 18.4. The van der Waals surface area contributed by atoms with Crippen molar-refractivity contribution in [2.45, 2.75) is 31.1 Å². The van der Waals surface area contributed by atoms with Crippen molar-refractivity contribution in [2.24, 2.45) is 0 Å². The van der Waals surface area contributed by atoms with Crippen LogP contribution in [0.3, 0.4) is 0 Å². The van der Waals surface area contributed by atoms with Gasteiger partial charge < -0.3 is 18.9 Å². The fraction of sp³-hybridized carbons (Fsp3) is 0.450. The summed E-state index contributed by atoms with van der Waals surface area (Å²) in [7, 11) is 3.15. The Morgan fingerprint density at radius 2 is 1.86 bits per heavy atom. The number of hydrogen-bond acceptors (Lipinski definition) is 6. The molecule has 1 saturated heterocycles. The monoisotopic (exact) mass is 414 g/mol. The van der Waals surface area contributed by atoms with Gasteiger partial charge in [0.15, 0.2) is 16.7 Å². The Morgan fingerprint density at radius 3 is 2.59 bits per heavy atom. The number of ether oxygens (including phenoxy) is 2. The highest BCUT2D eigenvalue weighted by Crippen LogP contribution is 2.37. The summed E-state index contributed by atoms with van der Waals surface area (Å²) in [4.78, 5) is 32.9. The summed E-state index contributed by atoms with van der Waals surface area (Å²) < 4.78 is 14.4. The topological polar surface area (TPSA) is 78.6 Å². The van der Waals surface area contributed by atoms with E-state index in [0.29, 0.717) is 29.1 Å². The molecule has 9 heteroatoms. The van der Waals surface area contributed by atoms with Crippen molar-refractivity contribution in [3.05, 3.63) is 22.5 Å². The van der Waals surface area contributed by atoms with Gasteiger partial charge in [-0.1, -0.05) is 11.8 Å². The molecule has 29 heavy (non-hydrogen) atoms. The lowest BCUT2D eigenvalue weighted by Crippen LogP contribution is -2.32. The number of benzene rings is 1. The van der Waals surface area contributed by atoms with Crippen molar-refractivity contribution in [3.8, 4) is 11.5 Å². The number of aromatic nitrogens is 3. The first-order valence-corrected chi connectivity index (χ1v) is 10.7. The minimum atomic E-state index is -0.0987. The summed E-state index contributed by atoms with van der Waals surface area (Å²) in [6.07, 6.45) is 2.05. The Balaban J connectivity index is 1.79. The molecule has 5 rings (SSSR count). The van der Waals surface area contributed by atoms with Gasteiger partial charge in [0.2, 0.25) is 5.91 Å². The van der Waals surface area contributed by atoms with Crippen LogP contribution in [0, 0.1) is 0 Å². The lowest BCUT2D eigenvalue weighted by molar-refractivity contribution is -0.130. The van der Waals surface area contributed by atoms with Gasteiger partial charge in [-0.25, -0.2) is 4.98 Å². The molecule has 0 atom stereocenters. The molecule has 2 aromatic heterocycles. The van der Waals surface area contributed by atoms with Gasteiger partial charge >= 0.3 is 0 Å². The molecule has 4 heterocycles. The Labute approximate surface area is 171 Å². The van der Waals surface area contributed by atoms with Crippen molar-refractivity contribution in [3.63, 3.8) is 0 Å². The second-order valence-electron chi connectivity index (χ2n) is 7.30. The fourth-order valence-corrected chi connectivity index (χ4v) is 5.20. The van der Waals surface area contributed by atoms with Crippen LogP contribution in [0.1, 0.15) is 12.8 Å². The third kappa shape index (κ3) is 2.78. The van der Waals surface area contributed by atoms with Crippen LogP contribution in [0.15, 0.2) is 22.1 Å². The summed E-state index contributed by atoms with van der Waals surface area (Å²) in [5.41, 5.74) is 1.73. The Kier molecular flexibility index (Phi) is 4.42. The molecule has 2 aliphatic heterocycles. The van der Waals surface area contributed by atoms with E-state index in [1.54, 1.807) is 35.1 Å². The summed E-state index contributed by atoms with van der Waals surface area (Å²) in [6.45, 7) is 2.29. The second-order valence-corrected chi connectivity index (χ2v) is 8.36. The van der Waals surface area contributed by atoms with E-state index in [9.17, 15) is 9.59 Å². The zero-order chi connectivity index (χ0) is 20.1. The molecule has 2 aliphatic rings. The smallest absolute Gasteiger partial charge is 0.278 e. The normalized spacial score (nSPS) is 16.0. The Morgan fingerprint density at radius 1 is 1.14 bits per heavy atom. The number of methoxy groups -OCH3 is 2. The molecule has 0 spiro atoms. The van der Waals surface area contributed by atoms with Crippen molar-refractivity contribution in [1.82, 2.24) is 19.0 Å². The number of nitrogens with zero attached hydrogens (tertiary/aromatic N) is 4. The van der Waals surface area contributed by atoms with Crippen LogP contribution in [0.2, 0.25) is 0 Å². The molecule has 0 bridgehead atoms. The highest BCUT2D eigenvalue weighted by atomic mass is 32.2. The molecule has 0 N–H and O–H groups in total. The molecule has 0 radical (unpaired) electrons. The number of thioether (sulfide) groups is 1. The number of likely N-dealkylation sites (tertiary alicyclic amines) is 1. The quantitative estimate of drug-likeness (QED) is 0.609. The van der Waals surface area contributed by atoms with Crippen LogP contribution in [-0.2, 0) is 17.9 Å². The SMILES string of the molecule is COc1cc2c3nc4n(c(=O)c3n(CC(=O)N3CCCC3)c2cc1OC)CCS4. The number of fused-ring (bicyclic) bond motifs is 4. The van der Waals surface area contributed by atoms with Crippen LogP contribution in [-0.4, -0.2) is 58.0 Å². The number of amides is 1. The highest BCUT2D eigenvalue weighted by molar-refractivity contribution is 7.99. The van der Waals surface area contributed by atoms with Crippen LogP contribution in [0.25, 0.3) is 21.9 Å². The van der Waals surface area contributed by atoms with Gasteiger partial charge in [0.05, 0.1) is 19.7 Å². The van der Waals surface area contributed by atoms with Gasteiger partial charge in [-0.2, -0.15) is 0 Å². The minimum absolute atomic E-state index is 0.0235. The molecule has 1 amide bonds. The summed E-state index contributed by atoms with van der Waals surface area (Å²) in [5, 5.41) is 1.52. The molecule has 1 aromatic carbocycles. The van der Waals surface area contributed by atoms with Crippen LogP contribution >= 0.6 is 11.8 Å². The molecule has 0 unspecified atom stereocenters. The molecule has 152 valence electrons. The third-order valence-electron chi connectivity index (χ3n) is 5.73. The standard InChI is InChI=1S/C20H22N4O4S/c1-27-14-9-12-13(10-15(14)28-2)24(11-16(25)22-5-3-4-6-22)18-17(12)21-20-23(19(18)26)7-8-29-20/h9-10H,3-8,11H2,1-2H3. The van der Waals surface area contributed by atoms with Gasteiger partial charge in [-0.15, -0.1) is 0 Å². The second kappa shape index (κ2) is 6.98. The lowest BCUT2D eigenvalue weighted by Gasteiger charge is -2.17. The minimum Gasteiger partial charge on any atom is -0.493 e. The highest BCUT2D eigenvalue weighted by Gasteiger charge is 2.26. The number of carbonyl (C=O) groups is 1. The molecular formula is C20H22N4O4S. The Bertz CT molecular complexity index is 1190. The maximum absolute atomic E-state index is 13.3. The lowest BCUT2D eigenvalue weighted by atomic mass is 10.2. The van der Waals surface area contributed by atoms with Gasteiger partial charge in [0.1, 0.15) is 17.6 Å². The van der Waals surface area contributed by atoms with Crippen molar-refractivity contribution < 1.29 is 14.3 Å². The third-order valence-corrected chi connectivity index (χ3v) is 6.68. The number of carbonyl (C=O) groups excluding carboxylic acids is 1. The summed E-state index contributed by atoms with van der Waals surface area (Å²) >= 11 is 1.58. The van der Waals surface area contributed by atoms with Crippen molar-refractivity contribution in [1.29, 1.82) is 0 Å². The fourth-order valence-electron chi connectivity index (χ4n) is 4.26. The predicted octanol–water partition coefficient (Wildman–Crippen LogP) is 2.10. The summed E-state index contributed by atoms with van der Waals surface area (Å²) in [6, 6.07) is 3.67. The van der Waals surface area contributed by atoms with E-state index in [1.165, 1.54) is 0 Å². The maximum atomic E-state index is 13.3. The Hall–Kier alpha value is -2.68. The number of rotatable bonds is 4. The average Bonchev–Trinajstić information content (AvgIpc) is 3.47. The van der Waals surface area contributed by atoms with Gasteiger partial charge in [0, 0.05) is 36.8 Å². The van der Waals surface area contributed by atoms with Gasteiger partial charge in [-0.05, 0) is 18.9 Å². The first-order valence-electron chi connectivity index (χ1n) is 9.71. The maximum Gasteiger partial charge on any atom is 0.278 e. The van der Waals surface area contributed by atoms with Crippen molar-refractivity contribution in [2.75, 3.05) is 33.1 Å². The van der Waals surface area contributed by atoms with E-state index in [2.05, 4.69) is 0 Å². The van der Waals surface area contributed by atoms with E-state index in [4.69, 9.17) is 14.5 Å². The number of hydrogen-bond donors (Lipinski definition) is 0. The van der Waals surface area contributed by atoms with Crippen LogP contribution < -0.4 is 15.0 Å². The molecule has 1 fully saturated rings. The first-order chi connectivity index (χ1) is 14.1. The van der Waals surface area contributed by atoms with Gasteiger partial charge in [0.25, 0.3) is 5.56 Å². The van der Waals surface area contributed by atoms with E-state index >= 15 is 0 Å². The zero-order valence-electron chi connectivity index (χ0n) is 16.4. The largest absolute Gasteiger partial charge is 0.493 e. The molecule has 3 aromatic rings. The zero-order valence-corrected chi connectivity index (χ0v) is 17.3. The van der Waals surface area contributed by atoms with Crippen molar-refractivity contribution >= 4 is 39.6 Å². The van der Waals surface area contributed by atoms with E-state index in [-0.39, 0.29) is 18.0 Å². The molecule has 8 nitrogen and oxygen atoms in total. The predicted molar refractivity (Wildman–Crippen MR) is 111 cm³/mol. The van der Waals surface area contributed by atoms with E-state index < -0.39 is 0 Å². The summed E-state index contributed by atoms with van der Waals surface area (Å²) in [5.74, 6) is 1.98. The van der Waals surface area contributed by atoms with Gasteiger partial charge in [-0.3, -0.25) is 14.2 Å². The average molecular weight is 414 g/mol. The molecule has 0 saturated carbocycles. The molecular weight excluding hydrogens is 392 g/mol. The van der Waals surface area contributed by atoms with Crippen LogP contribution in [0.4, 0.5) is 0 Å². The van der Waals surface area contributed by atoms with E-state index in [0.717, 1.165) is 47.7 Å². The molecule has 0 aliphatic carbocycles. The van der Waals surface area contributed by atoms with E-state index in [1.807, 2.05) is 17.0 Å². The van der Waals surface area contributed by atoms with Crippen LogP contribution in [0.5, 0.6) is 11.5 Å².